The molecule has 3 heterocycles. The highest BCUT2D eigenvalue weighted by molar-refractivity contribution is 5.49. The summed E-state index contributed by atoms with van der Waals surface area (Å²) in [6, 6.07) is 10.6. The van der Waals surface area contributed by atoms with Crippen LogP contribution in [0.25, 0.3) is 0 Å². The normalized spacial score (nSPS) is 18.8. The van der Waals surface area contributed by atoms with Gasteiger partial charge in [0.1, 0.15) is 23.7 Å². The number of rotatable bonds is 7. The van der Waals surface area contributed by atoms with Gasteiger partial charge in [-0.1, -0.05) is 12.1 Å². The minimum atomic E-state index is 0.0434. The second-order valence-electron chi connectivity index (χ2n) is 7.66. The monoisotopic (exact) mass is 382 g/mol. The molecule has 2 fully saturated rings. The minimum absolute atomic E-state index is 0.0434. The third-order valence-electron chi connectivity index (χ3n) is 5.92. The fourth-order valence-corrected chi connectivity index (χ4v) is 4.22. The molecule has 0 unspecified atom stereocenters. The van der Waals surface area contributed by atoms with E-state index in [1.54, 1.807) is 6.33 Å². The average molecular weight is 383 g/mol. The molecule has 0 atom stereocenters. The van der Waals surface area contributed by atoms with Crippen molar-refractivity contribution in [2.45, 2.75) is 38.0 Å². The summed E-state index contributed by atoms with van der Waals surface area (Å²) in [6.07, 6.45) is 6.15. The van der Waals surface area contributed by atoms with E-state index in [1.807, 2.05) is 6.92 Å². The van der Waals surface area contributed by atoms with Gasteiger partial charge in [-0.2, -0.15) is 0 Å². The molecule has 0 amide bonds. The van der Waals surface area contributed by atoms with E-state index in [9.17, 15) is 0 Å². The van der Waals surface area contributed by atoms with Gasteiger partial charge in [-0.25, -0.2) is 9.97 Å². The van der Waals surface area contributed by atoms with Gasteiger partial charge in [0.05, 0.1) is 6.61 Å². The van der Waals surface area contributed by atoms with Crippen molar-refractivity contribution in [2.75, 3.05) is 49.7 Å². The largest absolute Gasteiger partial charge is 0.494 e. The molecular formula is C22H30N4O2. The summed E-state index contributed by atoms with van der Waals surface area (Å²) in [7, 11) is 0. The third-order valence-corrected chi connectivity index (χ3v) is 5.92. The van der Waals surface area contributed by atoms with Crippen LogP contribution in [0.3, 0.4) is 0 Å². The smallest absolute Gasteiger partial charge is 0.134 e. The first-order valence-corrected chi connectivity index (χ1v) is 10.4. The molecule has 1 N–H and O–H groups in total. The van der Waals surface area contributed by atoms with E-state index >= 15 is 0 Å². The summed E-state index contributed by atoms with van der Waals surface area (Å²) < 4.78 is 11.3. The Morgan fingerprint density at radius 3 is 2.57 bits per heavy atom. The lowest BCUT2D eigenvalue weighted by molar-refractivity contribution is 0.0543. The highest BCUT2D eigenvalue weighted by Gasteiger charge is 2.34. The Morgan fingerprint density at radius 2 is 1.86 bits per heavy atom. The molecule has 2 saturated heterocycles. The Hall–Kier alpha value is -2.34. The van der Waals surface area contributed by atoms with Gasteiger partial charge in [-0.05, 0) is 50.3 Å². The summed E-state index contributed by atoms with van der Waals surface area (Å²) in [5.74, 6) is 2.85. The van der Waals surface area contributed by atoms with Gasteiger partial charge in [0.25, 0.3) is 0 Å². The predicted molar refractivity (Wildman–Crippen MR) is 111 cm³/mol. The SMILES string of the molecule is CCOc1ccc(C2(CNc3cc(N4CCCC4)ncn3)CCOCC2)cc1. The summed E-state index contributed by atoms with van der Waals surface area (Å²) in [6.45, 7) is 7.28. The van der Waals surface area contributed by atoms with Crippen LogP contribution in [0, 0.1) is 0 Å². The molecule has 28 heavy (non-hydrogen) atoms. The van der Waals surface area contributed by atoms with Crippen molar-refractivity contribution in [3.63, 3.8) is 0 Å². The van der Waals surface area contributed by atoms with E-state index in [0.29, 0.717) is 6.61 Å². The second kappa shape index (κ2) is 8.78. The summed E-state index contributed by atoms with van der Waals surface area (Å²) in [4.78, 5) is 11.3. The third kappa shape index (κ3) is 4.22. The van der Waals surface area contributed by atoms with Gasteiger partial charge in [-0.3, -0.25) is 0 Å². The number of aromatic nitrogens is 2. The van der Waals surface area contributed by atoms with Gasteiger partial charge in [0, 0.05) is 44.3 Å². The highest BCUT2D eigenvalue weighted by Crippen LogP contribution is 2.36. The molecule has 0 radical (unpaired) electrons. The zero-order chi connectivity index (χ0) is 19.2. The number of anilines is 2. The molecular weight excluding hydrogens is 352 g/mol. The molecule has 6 nitrogen and oxygen atoms in total. The van der Waals surface area contributed by atoms with E-state index < -0.39 is 0 Å². The van der Waals surface area contributed by atoms with E-state index in [4.69, 9.17) is 9.47 Å². The molecule has 4 rings (SSSR count). The number of benzene rings is 1. The van der Waals surface area contributed by atoms with Crippen molar-refractivity contribution in [3.05, 3.63) is 42.2 Å². The lowest BCUT2D eigenvalue weighted by Crippen LogP contribution is -2.40. The van der Waals surface area contributed by atoms with Crippen LogP contribution in [0.5, 0.6) is 5.75 Å². The van der Waals surface area contributed by atoms with Crippen LogP contribution in [0.1, 0.15) is 38.2 Å². The first-order valence-electron chi connectivity index (χ1n) is 10.4. The Kier molecular flexibility index (Phi) is 5.95. The van der Waals surface area contributed by atoms with Gasteiger partial charge in [0.2, 0.25) is 0 Å². The number of hydrogen-bond acceptors (Lipinski definition) is 6. The second-order valence-corrected chi connectivity index (χ2v) is 7.66. The van der Waals surface area contributed by atoms with Crippen LogP contribution in [-0.4, -0.2) is 49.4 Å². The first-order chi connectivity index (χ1) is 13.8. The van der Waals surface area contributed by atoms with Crippen molar-refractivity contribution in [3.8, 4) is 5.75 Å². The van der Waals surface area contributed by atoms with Crippen molar-refractivity contribution in [1.29, 1.82) is 0 Å². The molecule has 1 aromatic carbocycles. The maximum Gasteiger partial charge on any atom is 0.134 e. The number of nitrogens with one attached hydrogen (secondary N) is 1. The molecule has 2 aliphatic heterocycles. The topological polar surface area (TPSA) is 59.5 Å². The average Bonchev–Trinajstić information content (AvgIpc) is 3.29. The van der Waals surface area contributed by atoms with Gasteiger partial charge >= 0.3 is 0 Å². The number of ether oxygens (including phenoxy) is 2. The molecule has 0 aliphatic carbocycles. The molecule has 2 aromatic rings. The number of hydrogen-bond donors (Lipinski definition) is 1. The quantitative estimate of drug-likeness (QED) is 0.789. The summed E-state index contributed by atoms with van der Waals surface area (Å²) in [5.41, 5.74) is 1.38. The van der Waals surface area contributed by atoms with Crippen LogP contribution in [0.15, 0.2) is 36.7 Å². The van der Waals surface area contributed by atoms with Gasteiger partial charge in [-0.15, -0.1) is 0 Å². The molecule has 0 bridgehead atoms. The Labute approximate surface area is 167 Å². The van der Waals surface area contributed by atoms with E-state index in [1.165, 1.54) is 18.4 Å². The molecule has 2 aliphatic rings. The van der Waals surface area contributed by atoms with E-state index in [-0.39, 0.29) is 5.41 Å². The lowest BCUT2D eigenvalue weighted by atomic mass is 9.74. The van der Waals surface area contributed by atoms with Crippen LogP contribution >= 0.6 is 0 Å². The Morgan fingerprint density at radius 1 is 1.11 bits per heavy atom. The molecule has 150 valence electrons. The highest BCUT2D eigenvalue weighted by atomic mass is 16.5. The summed E-state index contributed by atoms with van der Waals surface area (Å²) in [5, 5.41) is 3.59. The predicted octanol–water partition coefficient (Wildman–Crippen LogP) is 3.64. The van der Waals surface area contributed by atoms with Crippen molar-refractivity contribution in [1.82, 2.24) is 9.97 Å². The minimum Gasteiger partial charge on any atom is -0.494 e. The molecule has 6 heteroatoms. The van der Waals surface area contributed by atoms with Crippen LogP contribution < -0.4 is 15.0 Å². The molecule has 0 saturated carbocycles. The van der Waals surface area contributed by atoms with Crippen molar-refractivity contribution < 1.29 is 9.47 Å². The van der Waals surface area contributed by atoms with Crippen LogP contribution in [-0.2, 0) is 10.2 Å². The van der Waals surface area contributed by atoms with Crippen LogP contribution in [0.4, 0.5) is 11.6 Å². The standard InChI is InChI=1S/C22H30N4O2/c1-2-28-19-7-5-18(6-8-19)22(9-13-27-14-10-22)16-23-20-15-21(25-17-24-20)26-11-3-4-12-26/h5-8,15,17H,2-4,9-14,16H2,1H3,(H,23,24,25). The lowest BCUT2D eigenvalue weighted by Gasteiger charge is -2.38. The fourth-order valence-electron chi connectivity index (χ4n) is 4.22. The zero-order valence-electron chi connectivity index (χ0n) is 16.7. The maximum absolute atomic E-state index is 5.66. The first kappa shape index (κ1) is 19.0. The molecule has 0 spiro atoms. The van der Waals surface area contributed by atoms with Crippen LogP contribution in [0.2, 0.25) is 0 Å². The summed E-state index contributed by atoms with van der Waals surface area (Å²) >= 11 is 0. The maximum atomic E-state index is 5.66. The molecule has 1 aromatic heterocycles. The Bertz CT molecular complexity index is 753. The van der Waals surface area contributed by atoms with E-state index in [2.05, 4.69) is 50.5 Å². The Balaban J connectivity index is 1.50. The number of nitrogens with zero attached hydrogens (tertiary/aromatic N) is 3. The van der Waals surface area contributed by atoms with E-state index in [0.717, 1.165) is 63.1 Å². The van der Waals surface area contributed by atoms with Crippen molar-refractivity contribution in [2.24, 2.45) is 0 Å². The van der Waals surface area contributed by atoms with Gasteiger partial charge < -0.3 is 19.7 Å². The van der Waals surface area contributed by atoms with Crippen molar-refractivity contribution >= 4 is 11.6 Å². The zero-order valence-corrected chi connectivity index (χ0v) is 16.7. The van der Waals surface area contributed by atoms with Gasteiger partial charge in [0.15, 0.2) is 0 Å². The fraction of sp³-hybridized carbons (Fsp3) is 0.545.